The number of nitrogens with zero attached hydrogens (tertiary/aromatic N) is 4. The largest absolute Gasteiger partial charge is 0.501 e. The minimum atomic E-state index is -6.07. The van der Waals surface area contributed by atoms with Crippen molar-refractivity contribution in [2.24, 2.45) is 5.41 Å². The Morgan fingerprint density at radius 1 is 0.853 bits per heavy atom. The second-order valence-electron chi connectivity index (χ2n) is 20.9. The highest BCUT2D eigenvalue weighted by atomic mass is 35.5. The first kappa shape index (κ1) is 57.3. The van der Waals surface area contributed by atoms with E-state index in [0.717, 1.165) is 138 Å². The van der Waals surface area contributed by atoms with E-state index in [1.54, 1.807) is 12.1 Å². The fourth-order valence-electron chi connectivity index (χ4n) is 11.1. The fraction of sp³-hybridized carbons (Fsp3) is 0.500. The lowest BCUT2D eigenvalue weighted by atomic mass is 9.71. The third kappa shape index (κ3) is 14.2. The maximum atomic E-state index is 14.4. The van der Waals surface area contributed by atoms with Crippen molar-refractivity contribution in [1.82, 2.24) is 24.7 Å². The molecule has 4 aromatic carbocycles. The van der Waals surface area contributed by atoms with Gasteiger partial charge in [0.1, 0.15) is 4.90 Å². The van der Waals surface area contributed by atoms with Gasteiger partial charge in [-0.15, -0.1) is 24.2 Å². The molecule has 3 N–H and O–H groups in total. The SMILES string of the molecule is CC1(CN2CCNCC2)CCC(c2ccc(Cl)cc2)=C(CN2CCN(c3ccc(C(=O)NS(=O)(=O)c4ccc(NC(CCN5CCOC6(CCC6)C5)CSc5ccccc5)c(S(=O)(=O)C(F)(F)F)c4)cc3)CC2)C1.Cl. The second kappa shape index (κ2) is 24.4. The van der Waals surface area contributed by atoms with Crippen molar-refractivity contribution in [3.8, 4) is 0 Å². The lowest BCUT2D eigenvalue weighted by Gasteiger charge is -2.48. The average molecular weight is 1140 g/mol. The number of anilines is 2. The molecule has 2 unspecified atom stereocenters. The summed E-state index contributed by atoms with van der Waals surface area (Å²) in [4.78, 5) is 22.0. The highest BCUT2D eigenvalue weighted by Crippen LogP contribution is 2.44. The molecule has 1 spiro atoms. The molecular weight excluding hydrogens is 1070 g/mol. The Labute approximate surface area is 455 Å². The smallest absolute Gasteiger partial charge is 0.380 e. The molecule has 3 heterocycles. The third-order valence-corrected chi connectivity index (χ3v) is 19.6. The third-order valence-electron chi connectivity index (χ3n) is 15.4. The fourth-order valence-corrected chi connectivity index (χ4v) is 14.2. The Bertz CT molecular complexity index is 2850. The molecule has 3 saturated heterocycles. The van der Waals surface area contributed by atoms with Crippen molar-refractivity contribution in [3.63, 3.8) is 0 Å². The standard InChI is InChI=1S/C54H67ClF3N7O6S3.ClH/c1-52(38-64-26-23-59-24-27-64)22-18-48(40-8-12-43(55)13-9-40)42(35-52)36-62-28-30-65(31-29-62)45-14-10-41(11-15-45)51(66)61-74(69,70)47-16-17-49(50(34-47)73(67,68)54(56,57)58)60-44(37-72-46-6-3-2-4-7-46)19-25-63-32-33-71-53(39-63)20-5-21-53;/h2-4,6-17,34,44,59-60H,5,18-33,35-39H2,1H3,(H,61,66);1H. The number of carbonyl (C=O) groups is 1. The van der Waals surface area contributed by atoms with E-state index < -0.39 is 52.8 Å². The number of sulfonamides is 1. The number of thioether (sulfide) groups is 1. The maximum absolute atomic E-state index is 14.4. The highest BCUT2D eigenvalue weighted by Gasteiger charge is 2.49. The van der Waals surface area contributed by atoms with Crippen LogP contribution >= 0.6 is 35.8 Å². The summed E-state index contributed by atoms with van der Waals surface area (Å²) in [7, 11) is -10.9. The molecule has 21 heteroatoms. The van der Waals surface area contributed by atoms with Gasteiger partial charge in [-0.1, -0.05) is 54.4 Å². The molecule has 0 radical (unpaired) electrons. The predicted octanol–water partition coefficient (Wildman–Crippen LogP) is 9.06. The van der Waals surface area contributed by atoms with Crippen molar-refractivity contribution >= 4 is 78.5 Å². The van der Waals surface area contributed by atoms with Gasteiger partial charge in [-0.25, -0.2) is 21.6 Å². The van der Waals surface area contributed by atoms with Crippen LogP contribution in [0.1, 0.15) is 67.8 Å². The minimum Gasteiger partial charge on any atom is -0.380 e. The molecule has 1 saturated carbocycles. The number of halogens is 5. The molecular formula is C54H68Cl2F3N7O6S3. The van der Waals surface area contributed by atoms with E-state index in [0.29, 0.717) is 37.9 Å². The molecule has 13 nitrogen and oxygen atoms in total. The van der Waals surface area contributed by atoms with Crippen LogP contribution in [0.4, 0.5) is 24.5 Å². The lowest BCUT2D eigenvalue weighted by Crippen LogP contribution is -2.56. The van der Waals surface area contributed by atoms with E-state index in [9.17, 15) is 34.8 Å². The van der Waals surface area contributed by atoms with E-state index in [1.807, 2.05) is 47.2 Å². The first-order chi connectivity index (χ1) is 35.4. The second-order valence-corrected chi connectivity index (χ2v) is 26.0. The Balaban J connectivity index is 0.00000747. The summed E-state index contributed by atoms with van der Waals surface area (Å²) in [5, 5.41) is 7.24. The normalized spacial score (nSPS) is 21.5. The van der Waals surface area contributed by atoms with E-state index in [2.05, 4.69) is 49.3 Å². The summed E-state index contributed by atoms with van der Waals surface area (Å²) in [5.41, 5.74) is -1.17. The van der Waals surface area contributed by atoms with Crippen LogP contribution in [0.2, 0.25) is 5.02 Å². The average Bonchev–Trinajstić information content (AvgIpc) is 3.37. The summed E-state index contributed by atoms with van der Waals surface area (Å²) < 4.78 is 105. The zero-order valence-corrected chi connectivity index (χ0v) is 46.3. The van der Waals surface area contributed by atoms with E-state index in [-0.39, 0.29) is 29.0 Å². The van der Waals surface area contributed by atoms with Crippen molar-refractivity contribution in [2.75, 3.05) is 108 Å². The molecule has 2 aliphatic carbocycles. The van der Waals surface area contributed by atoms with Gasteiger partial charge in [0, 0.05) is 118 Å². The van der Waals surface area contributed by atoms with Crippen LogP contribution in [0.3, 0.4) is 0 Å². The Morgan fingerprint density at radius 3 is 2.23 bits per heavy atom. The number of benzene rings is 4. The van der Waals surface area contributed by atoms with Crippen molar-refractivity contribution in [3.05, 3.63) is 119 Å². The lowest BCUT2D eigenvalue weighted by molar-refractivity contribution is -0.151. The molecule has 2 atom stereocenters. The first-order valence-corrected chi connectivity index (χ1v) is 30.0. The summed E-state index contributed by atoms with van der Waals surface area (Å²) in [6.07, 6.45) is 6.65. The van der Waals surface area contributed by atoms with Crippen LogP contribution in [0, 0.1) is 5.41 Å². The molecule has 0 aromatic heterocycles. The number of nitrogens with one attached hydrogen (secondary N) is 3. The summed E-state index contributed by atoms with van der Waals surface area (Å²) in [5.74, 6) is -0.645. The molecule has 3 aliphatic heterocycles. The maximum Gasteiger partial charge on any atom is 0.501 e. The van der Waals surface area contributed by atoms with Gasteiger partial charge in [0.25, 0.3) is 25.8 Å². The number of allylic oxidation sites excluding steroid dienone is 1. The zero-order valence-electron chi connectivity index (χ0n) is 42.3. The van der Waals surface area contributed by atoms with Crippen LogP contribution < -0.4 is 20.3 Å². The number of amides is 1. The van der Waals surface area contributed by atoms with Gasteiger partial charge < -0.3 is 25.2 Å². The quantitative estimate of drug-likeness (QED) is 0.0817. The molecule has 1 amide bonds. The van der Waals surface area contributed by atoms with Gasteiger partial charge in [-0.3, -0.25) is 14.6 Å². The number of rotatable bonds is 18. The monoisotopic (exact) mass is 1130 g/mol. The number of hydrogen-bond acceptors (Lipinski definition) is 13. The summed E-state index contributed by atoms with van der Waals surface area (Å²) in [6.45, 7) is 14.2. The van der Waals surface area contributed by atoms with Gasteiger partial charge in [0.2, 0.25) is 0 Å². The van der Waals surface area contributed by atoms with Gasteiger partial charge in [-0.05, 0) is 128 Å². The number of sulfone groups is 1. The number of ether oxygens (including phenoxy) is 1. The highest BCUT2D eigenvalue weighted by molar-refractivity contribution is 7.99. The molecule has 408 valence electrons. The number of piperazine rings is 2. The number of morpholine rings is 1. The van der Waals surface area contributed by atoms with Crippen LogP contribution in [-0.4, -0.2) is 152 Å². The van der Waals surface area contributed by atoms with Gasteiger partial charge in [-0.2, -0.15) is 13.2 Å². The summed E-state index contributed by atoms with van der Waals surface area (Å²) >= 11 is 7.76. The van der Waals surface area contributed by atoms with Gasteiger partial charge in [0.15, 0.2) is 0 Å². The van der Waals surface area contributed by atoms with Crippen molar-refractivity contribution < 1.29 is 39.5 Å². The topological polar surface area (TPSA) is 144 Å². The molecule has 5 aliphatic rings. The minimum absolute atomic E-state index is 0. The van der Waals surface area contributed by atoms with Gasteiger partial charge >= 0.3 is 5.51 Å². The van der Waals surface area contributed by atoms with E-state index >= 15 is 0 Å². The molecule has 0 bridgehead atoms. The number of alkyl halides is 3. The Hall–Kier alpha value is -3.89. The van der Waals surface area contributed by atoms with E-state index in [4.69, 9.17) is 16.3 Å². The van der Waals surface area contributed by atoms with Crippen LogP contribution in [0.5, 0.6) is 0 Å². The van der Waals surface area contributed by atoms with Crippen LogP contribution in [-0.2, 0) is 24.6 Å². The number of carbonyl (C=O) groups excluding carboxylic acids is 1. The first-order valence-electron chi connectivity index (χ1n) is 25.7. The molecule has 75 heavy (non-hydrogen) atoms. The predicted molar refractivity (Wildman–Crippen MR) is 294 cm³/mol. The van der Waals surface area contributed by atoms with Crippen molar-refractivity contribution in [2.45, 2.75) is 83.7 Å². The van der Waals surface area contributed by atoms with Crippen molar-refractivity contribution in [1.29, 1.82) is 0 Å². The summed E-state index contributed by atoms with van der Waals surface area (Å²) in [6, 6.07) is 26.1. The Morgan fingerprint density at radius 2 is 1.56 bits per heavy atom. The van der Waals surface area contributed by atoms with Crippen LogP contribution in [0.25, 0.3) is 5.57 Å². The molecule has 4 aromatic rings. The number of hydrogen-bond donors (Lipinski definition) is 3. The molecule has 9 rings (SSSR count). The van der Waals surface area contributed by atoms with E-state index in [1.165, 1.54) is 40.6 Å². The molecule has 4 fully saturated rings. The zero-order chi connectivity index (χ0) is 52.1. The van der Waals surface area contributed by atoms with Gasteiger partial charge in [0.05, 0.1) is 22.8 Å². The van der Waals surface area contributed by atoms with Crippen LogP contribution in [0.15, 0.2) is 117 Å². The Kier molecular flexibility index (Phi) is 18.7.